The van der Waals surface area contributed by atoms with E-state index in [2.05, 4.69) is 41.5 Å². The van der Waals surface area contributed by atoms with E-state index in [0.717, 1.165) is 18.1 Å². The molecule has 4 N–H and O–H groups in total. The van der Waals surface area contributed by atoms with Crippen LogP contribution in [0.2, 0.25) is 18.1 Å². The van der Waals surface area contributed by atoms with Crippen molar-refractivity contribution in [1.29, 1.82) is 0 Å². The summed E-state index contributed by atoms with van der Waals surface area (Å²) in [5, 5.41) is 24.4. The first kappa shape index (κ1) is 41.2. The van der Waals surface area contributed by atoms with Crippen LogP contribution in [0.5, 0.6) is 0 Å². The fourth-order valence-corrected chi connectivity index (χ4v) is 7.59. The molecule has 0 amide bonds. The van der Waals surface area contributed by atoms with Crippen molar-refractivity contribution >= 4 is 8.32 Å². The summed E-state index contributed by atoms with van der Waals surface area (Å²) in [4.78, 5) is 10.7. The Hall–Kier alpha value is 0.940. The first-order valence-corrected chi connectivity index (χ1v) is 14.2. The zero-order valence-corrected chi connectivity index (χ0v) is 26.0. The van der Waals surface area contributed by atoms with Gasteiger partial charge in [-0.1, -0.05) is 83.1 Å². The smallest absolute Gasteiger partial charge is 0.189 e. The average Bonchev–Trinajstić information content (AvgIpc) is 2.53. The van der Waals surface area contributed by atoms with Gasteiger partial charge in [0.25, 0.3) is 0 Å². The van der Waals surface area contributed by atoms with Crippen LogP contribution in [0, 0.1) is 35.5 Å². The Balaban J connectivity index is -0.000000108. The van der Waals surface area contributed by atoms with Crippen LogP contribution in [-0.2, 0) is 26.2 Å². The Bertz CT molecular complexity index is 264. The fraction of sp³-hybridized carbons (Fsp3) is 1.00. The first-order valence-electron chi connectivity index (χ1n) is 11.6. The van der Waals surface area contributed by atoms with Crippen molar-refractivity contribution in [3.63, 3.8) is 0 Å². The largest absolute Gasteiger partial charge is 0.432 e. The Kier molecular flexibility index (Phi) is 36.0. The quantitative estimate of drug-likeness (QED) is 0.285. The topological polar surface area (TPSA) is 80.9 Å². The first-order chi connectivity index (χ1) is 13.1. The number of aliphatic hydroxyl groups is 3. The molecule has 0 bridgehead atoms. The zero-order chi connectivity index (χ0) is 24.2. The summed E-state index contributed by atoms with van der Waals surface area (Å²) in [6.45, 7) is 26.1. The van der Waals surface area contributed by atoms with E-state index in [4.69, 9.17) is 15.3 Å². The summed E-state index contributed by atoms with van der Waals surface area (Å²) in [5.74, 6) is 3.25. The van der Waals surface area contributed by atoms with Crippen LogP contribution in [0.1, 0.15) is 83.1 Å². The van der Waals surface area contributed by atoms with Gasteiger partial charge >= 0.3 is 0 Å². The van der Waals surface area contributed by atoms with Gasteiger partial charge in [-0.15, -0.1) is 0 Å². The van der Waals surface area contributed by atoms with Gasteiger partial charge in [-0.3, -0.25) is 0 Å². The van der Waals surface area contributed by atoms with Crippen LogP contribution in [0.25, 0.3) is 0 Å². The van der Waals surface area contributed by atoms with Crippen LogP contribution < -0.4 is 0 Å². The van der Waals surface area contributed by atoms with Crippen molar-refractivity contribution in [1.82, 2.24) is 0 Å². The molecule has 0 saturated carbocycles. The van der Waals surface area contributed by atoms with E-state index in [9.17, 15) is 4.80 Å². The summed E-state index contributed by atoms with van der Waals surface area (Å²) >= 11 is 0. The third-order valence-electron chi connectivity index (χ3n) is 3.46. The van der Waals surface area contributed by atoms with Crippen molar-refractivity contribution in [2.45, 2.75) is 101 Å². The molecule has 0 aromatic heterocycles. The van der Waals surface area contributed by atoms with Gasteiger partial charge in [-0.25, -0.2) is 0 Å². The van der Waals surface area contributed by atoms with E-state index in [1.807, 2.05) is 41.5 Å². The molecule has 0 rings (SSSR count). The molecular weight excluding hydrogens is 472 g/mol. The van der Waals surface area contributed by atoms with Crippen LogP contribution in [-0.4, -0.2) is 48.3 Å². The molecule has 0 unspecified atom stereocenters. The monoisotopic (exact) mass is 528 g/mol. The second kappa shape index (κ2) is 26.2. The van der Waals surface area contributed by atoms with E-state index in [1.165, 1.54) is 0 Å². The maximum absolute atomic E-state index is 10.7. The van der Waals surface area contributed by atoms with E-state index in [-0.39, 0.29) is 26.2 Å². The predicted molar refractivity (Wildman–Crippen MR) is 133 cm³/mol. The van der Waals surface area contributed by atoms with Gasteiger partial charge in [0.05, 0.1) is 0 Å². The molecule has 0 fully saturated rings. The molecule has 0 aliphatic heterocycles. The zero-order valence-electron chi connectivity index (χ0n) is 22.5. The second-order valence-corrected chi connectivity index (χ2v) is 14.4. The van der Waals surface area contributed by atoms with Gasteiger partial charge in [0, 0.05) is 46.0 Å². The minimum atomic E-state index is -1.94. The van der Waals surface area contributed by atoms with Crippen LogP contribution in [0.3, 0.4) is 0 Å². The van der Waals surface area contributed by atoms with Gasteiger partial charge in [-0.2, -0.15) is 0 Å². The van der Waals surface area contributed by atoms with E-state index < -0.39 is 8.32 Å². The molecule has 30 heavy (non-hydrogen) atoms. The number of rotatable bonds is 9. The molecule has 6 heteroatoms. The third-order valence-corrected chi connectivity index (χ3v) is 8.19. The van der Waals surface area contributed by atoms with Crippen LogP contribution >= 0.6 is 0 Å². The molecule has 0 saturated heterocycles. The normalized spacial score (nSPS) is 11.0. The summed E-state index contributed by atoms with van der Waals surface area (Å²) in [7, 11) is -1.94. The Morgan fingerprint density at radius 2 is 0.567 bits per heavy atom. The summed E-state index contributed by atoms with van der Waals surface area (Å²) in [6, 6.07) is 3.22. The maximum Gasteiger partial charge on any atom is 0.189 e. The van der Waals surface area contributed by atoms with Gasteiger partial charge in [0.1, 0.15) is 0 Å². The maximum atomic E-state index is 10.7. The van der Waals surface area contributed by atoms with Crippen molar-refractivity contribution in [2.24, 2.45) is 35.5 Å². The number of aliphatic hydroxyl groups excluding tert-OH is 3. The molecule has 0 aromatic rings. The van der Waals surface area contributed by atoms with Crippen molar-refractivity contribution in [3.8, 4) is 0 Å². The second-order valence-electron chi connectivity index (χ2n) is 10.7. The summed E-state index contributed by atoms with van der Waals surface area (Å²) < 4.78 is 0. The van der Waals surface area contributed by atoms with Crippen molar-refractivity contribution in [3.05, 3.63) is 0 Å². The number of hydrogen-bond donors (Lipinski definition) is 4. The summed E-state index contributed by atoms with van der Waals surface area (Å²) in [5.41, 5.74) is 0. The van der Waals surface area contributed by atoms with E-state index in [0.29, 0.717) is 55.3 Å². The minimum Gasteiger partial charge on any atom is -0.432 e. The molecule has 0 aromatic carbocycles. The third kappa shape index (κ3) is 46.9. The molecule has 4 nitrogen and oxygen atoms in total. The van der Waals surface area contributed by atoms with Crippen molar-refractivity contribution in [2.75, 3.05) is 19.8 Å². The van der Waals surface area contributed by atoms with Crippen LogP contribution in [0.15, 0.2) is 0 Å². The minimum absolute atomic E-state index is 0. The Labute approximate surface area is 210 Å². The van der Waals surface area contributed by atoms with Crippen molar-refractivity contribution < 1.29 is 46.3 Å². The fourth-order valence-electron chi connectivity index (χ4n) is 2.53. The molecule has 0 heterocycles. The molecule has 0 aliphatic carbocycles. The molecule has 0 radical (unpaired) electrons. The van der Waals surface area contributed by atoms with Crippen LogP contribution in [0.4, 0.5) is 0 Å². The Morgan fingerprint density at radius 3 is 0.633 bits per heavy atom. The molecular formula is C24H58O4SiZr. The van der Waals surface area contributed by atoms with E-state index in [1.54, 1.807) is 0 Å². The molecule has 0 aliphatic rings. The van der Waals surface area contributed by atoms with Gasteiger partial charge in [-0.05, 0) is 53.6 Å². The molecule has 186 valence electrons. The van der Waals surface area contributed by atoms with Gasteiger partial charge in [0.15, 0.2) is 8.32 Å². The molecule has 0 spiro atoms. The van der Waals surface area contributed by atoms with Gasteiger partial charge < -0.3 is 20.1 Å². The van der Waals surface area contributed by atoms with Gasteiger partial charge in [0.2, 0.25) is 0 Å². The summed E-state index contributed by atoms with van der Waals surface area (Å²) in [6.07, 6.45) is 0. The average molecular weight is 530 g/mol. The SMILES string of the molecule is CC(C)CO.CC(C)CO.CC(C)CO.CC(C)C[Si](O)(CC(C)C)CC(C)C.[Zr]. The Morgan fingerprint density at radius 1 is 0.433 bits per heavy atom. The standard InChI is InChI=1S/C12H28OSi.3C4H10O.Zr/c1-10(2)7-14(13,8-11(3)4)9-12(5)6;3*1-4(2)3-5;/h10-13H,7-9H2,1-6H3;3*4-5H,3H2,1-2H3;. The predicted octanol–water partition coefficient (Wildman–Crippen LogP) is 5.79. The number of hydrogen-bond acceptors (Lipinski definition) is 4. The van der Waals surface area contributed by atoms with E-state index >= 15 is 0 Å². The molecule has 0 atom stereocenters.